The largest absolute Gasteiger partial charge is 0.488 e. The Morgan fingerprint density at radius 2 is 1.41 bits per heavy atom. The molecule has 3 aromatic rings. The number of rotatable bonds is 9. The third-order valence-corrected chi connectivity index (χ3v) is 4.89. The molecular formula is C25H29NO. The smallest absolute Gasteiger partial charge is 0.123 e. The van der Waals surface area contributed by atoms with Gasteiger partial charge in [0.05, 0.1) is 6.54 Å². The first-order chi connectivity index (χ1) is 13.3. The highest BCUT2D eigenvalue weighted by Gasteiger charge is 2.15. The van der Waals surface area contributed by atoms with E-state index in [0.717, 1.165) is 31.7 Å². The summed E-state index contributed by atoms with van der Waals surface area (Å²) in [6.45, 7) is 6.25. The summed E-state index contributed by atoms with van der Waals surface area (Å²) in [6.07, 6.45) is 2.02. The van der Waals surface area contributed by atoms with Crippen LogP contribution in [0.4, 0.5) is 5.69 Å². The first-order valence-corrected chi connectivity index (χ1v) is 9.88. The molecule has 0 radical (unpaired) electrons. The van der Waals surface area contributed by atoms with Gasteiger partial charge in [-0.2, -0.15) is 0 Å². The van der Waals surface area contributed by atoms with Gasteiger partial charge in [-0.15, -0.1) is 0 Å². The predicted octanol–water partition coefficient (Wildman–Crippen LogP) is 5.96. The maximum Gasteiger partial charge on any atom is 0.123 e. The number of anilines is 1. The van der Waals surface area contributed by atoms with Gasteiger partial charge < -0.3 is 9.64 Å². The normalized spacial score (nSPS) is 11.8. The maximum atomic E-state index is 6.48. The molecule has 0 aromatic heterocycles. The molecule has 1 unspecified atom stereocenters. The number of benzene rings is 3. The summed E-state index contributed by atoms with van der Waals surface area (Å²) >= 11 is 0. The van der Waals surface area contributed by atoms with Crippen molar-refractivity contribution in [3.05, 3.63) is 96.1 Å². The van der Waals surface area contributed by atoms with Crippen LogP contribution in [-0.2, 0) is 6.42 Å². The SMILES string of the molecule is CCC(CN(CC)c1ccccc1)Oc1ccccc1Cc1ccccc1. The molecule has 2 heteroatoms. The van der Waals surface area contributed by atoms with E-state index < -0.39 is 0 Å². The van der Waals surface area contributed by atoms with Gasteiger partial charge in [-0.25, -0.2) is 0 Å². The minimum absolute atomic E-state index is 0.155. The average molecular weight is 360 g/mol. The van der Waals surface area contributed by atoms with Crippen LogP contribution in [0.1, 0.15) is 31.4 Å². The van der Waals surface area contributed by atoms with Crippen molar-refractivity contribution >= 4 is 5.69 Å². The van der Waals surface area contributed by atoms with Gasteiger partial charge in [0.25, 0.3) is 0 Å². The predicted molar refractivity (Wildman–Crippen MR) is 115 cm³/mol. The molecule has 1 atom stereocenters. The molecule has 0 aliphatic rings. The summed E-state index contributed by atoms with van der Waals surface area (Å²) in [5.74, 6) is 0.998. The van der Waals surface area contributed by atoms with Crippen molar-refractivity contribution < 1.29 is 4.74 Å². The Balaban J connectivity index is 1.73. The van der Waals surface area contributed by atoms with Crippen LogP contribution in [0.3, 0.4) is 0 Å². The lowest BCUT2D eigenvalue weighted by molar-refractivity contribution is 0.200. The Bertz CT molecular complexity index is 801. The number of para-hydroxylation sites is 2. The van der Waals surface area contributed by atoms with E-state index in [0.29, 0.717) is 0 Å². The molecule has 3 rings (SSSR count). The molecule has 0 N–H and O–H groups in total. The molecule has 0 aliphatic heterocycles. The number of nitrogens with zero attached hydrogens (tertiary/aromatic N) is 1. The van der Waals surface area contributed by atoms with Crippen LogP contribution in [0.25, 0.3) is 0 Å². The fraction of sp³-hybridized carbons (Fsp3) is 0.280. The van der Waals surface area contributed by atoms with Crippen LogP contribution in [0.5, 0.6) is 5.75 Å². The number of likely N-dealkylation sites (N-methyl/N-ethyl adjacent to an activating group) is 1. The minimum atomic E-state index is 0.155. The maximum absolute atomic E-state index is 6.48. The van der Waals surface area contributed by atoms with E-state index in [-0.39, 0.29) is 6.10 Å². The molecular weight excluding hydrogens is 330 g/mol. The van der Waals surface area contributed by atoms with Crippen LogP contribution < -0.4 is 9.64 Å². The monoisotopic (exact) mass is 359 g/mol. The standard InChI is InChI=1S/C25H29NO/c1-3-24(20-26(4-2)23-16-9-6-10-17-23)27-25-18-12-11-15-22(25)19-21-13-7-5-8-14-21/h5-18,24H,3-4,19-20H2,1-2H3. The molecule has 0 saturated carbocycles. The lowest BCUT2D eigenvalue weighted by Gasteiger charge is -2.29. The van der Waals surface area contributed by atoms with Gasteiger partial charge in [0.15, 0.2) is 0 Å². The van der Waals surface area contributed by atoms with E-state index in [2.05, 4.69) is 104 Å². The zero-order valence-corrected chi connectivity index (χ0v) is 16.3. The second-order valence-corrected chi connectivity index (χ2v) is 6.79. The highest BCUT2D eigenvalue weighted by Crippen LogP contribution is 2.24. The molecule has 0 heterocycles. The van der Waals surface area contributed by atoms with Crippen molar-refractivity contribution in [3.8, 4) is 5.75 Å². The number of hydrogen-bond acceptors (Lipinski definition) is 2. The van der Waals surface area contributed by atoms with E-state index in [1.54, 1.807) is 0 Å². The van der Waals surface area contributed by atoms with Crippen LogP contribution in [0, 0.1) is 0 Å². The van der Waals surface area contributed by atoms with Gasteiger partial charge in [-0.1, -0.05) is 73.7 Å². The highest BCUT2D eigenvalue weighted by molar-refractivity contribution is 5.46. The molecule has 0 amide bonds. The van der Waals surface area contributed by atoms with Gasteiger partial charge in [-0.05, 0) is 42.7 Å². The van der Waals surface area contributed by atoms with Crippen LogP contribution in [0.15, 0.2) is 84.9 Å². The summed E-state index contributed by atoms with van der Waals surface area (Å²) in [4.78, 5) is 2.38. The van der Waals surface area contributed by atoms with Crippen molar-refractivity contribution in [2.45, 2.75) is 32.8 Å². The van der Waals surface area contributed by atoms with E-state index >= 15 is 0 Å². The van der Waals surface area contributed by atoms with E-state index in [1.807, 2.05) is 0 Å². The Kier molecular flexibility index (Phi) is 6.92. The fourth-order valence-corrected chi connectivity index (χ4v) is 3.31. The lowest BCUT2D eigenvalue weighted by atomic mass is 10.0. The quantitative estimate of drug-likeness (QED) is 0.467. The first kappa shape index (κ1) is 19.0. The molecule has 0 spiro atoms. The van der Waals surface area contributed by atoms with Gasteiger partial charge in [0.2, 0.25) is 0 Å². The molecule has 0 aliphatic carbocycles. The third-order valence-electron chi connectivity index (χ3n) is 4.89. The Labute approximate surface area is 163 Å². The molecule has 27 heavy (non-hydrogen) atoms. The summed E-state index contributed by atoms with van der Waals surface area (Å²) in [7, 11) is 0. The van der Waals surface area contributed by atoms with Gasteiger partial charge in [0, 0.05) is 18.7 Å². The van der Waals surface area contributed by atoms with Crippen LogP contribution in [-0.4, -0.2) is 19.2 Å². The van der Waals surface area contributed by atoms with Crippen molar-refractivity contribution in [1.82, 2.24) is 0 Å². The Morgan fingerprint density at radius 3 is 2.07 bits per heavy atom. The van der Waals surface area contributed by atoms with Crippen molar-refractivity contribution in [1.29, 1.82) is 0 Å². The summed E-state index contributed by atoms with van der Waals surface area (Å²) < 4.78 is 6.48. The molecule has 3 aromatic carbocycles. The fourth-order valence-electron chi connectivity index (χ4n) is 3.31. The van der Waals surface area contributed by atoms with Crippen molar-refractivity contribution in [2.75, 3.05) is 18.0 Å². The second kappa shape index (κ2) is 9.82. The minimum Gasteiger partial charge on any atom is -0.488 e. The second-order valence-electron chi connectivity index (χ2n) is 6.79. The van der Waals surface area contributed by atoms with Crippen LogP contribution >= 0.6 is 0 Å². The van der Waals surface area contributed by atoms with Gasteiger partial charge in [0.1, 0.15) is 11.9 Å². The summed E-state index contributed by atoms with van der Waals surface area (Å²) in [5.41, 5.74) is 3.80. The number of hydrogen-bond donors (Lipinski definition) is 0. The highest BCUT2D eigenvalue weighted by atomic mass is 16.5. The van der Waals surface area contributed by atoms with Crippen molar-refractivity contribution in [3.63, 3.8) is 0 Å². The molecule has 0 fully saturated rings. The lowest BCUT2D eigenvalue weighted by Crippen LogP contribution is -2.35. The molecule has 0 bridgehead atoms. The molecule has 140 valence electrons. The van der Waals surface area contributed by atoms with E-state index in [1.165, 1.54) is 16.8 Å². The summed E-state index contributed by atoms with van der Waals surface area (Å²) in [5, 5.41) is 0. The zero-order chi connectivity index (χ0) is 18.9. The van der Waals surface area contributed by atoms with E-state index in [4.69, 9.17) is 4.74 Å². The van der Waals surface area contributed by atoms with Crippen molar-refractivity contribution in [2.24, 2.45) is 0 Å². The zero-order valence-electron chi connectivity index (χ0n) is 16.3. The molecule has 0 saturated heterocycles. The Hall–Kier alpha value is -2.74. The van der Waals surface area contributed by atoms with Crippen LogP contribution in [0.2, 0.25) is 0 Å². The summed E-state index contributed by atoms with van der Waals surface area (Å²) in [6, 6.07) is 29.6. The average Bonchev–Trinajstić information content (AvgIpc) is 2.73. The van der Waals surface area contributed by atoms with E-state index in [9.17, 15) is 0 Å². The number of ether oxygens (including phenoxy) is 1. The topological polar surface area (TPSA) is 12.5 Å². The Morgan fingerprint density at radius 1 is 0.778 bits per heavy atom. The first-order valence-electron chi connectivity index (χ1n) is 9.88. The third kappa shape index (κ3) is 5.37. The van der Waals surface area contributed by atoms with Gasteiger partial charge in [-0.3, -0.25) is 0 Å². The van der Waals surface area contributed by atoms with Gasteiger partial charge >= 0.3 is 0 Å². The molecule has 2 nitrogen and oxygen atoms in total.